The number of piperidine rings is 1. The number of sulfonamides is 1. The Morgan fingerprint density at radius 1 is 1.27 bits per heavy atom. The van der Waals surface area contributed by atoms with E-state index in [1.165, 1.54) is 0 Å². The van der Waals surface area contributed by atoms with E-state index in [1.54, 1.807) is 29.4 Å². The summed E-state index contributed by atoms with van der Waals surface area (Å²) in [5.74, 6) is 0. The first kappa shape index (κ1) is 15.5. The van der Waals surface area contributed by atoms with Crippen molar-refractivity contribution in [3.05, 3.63) is 29.3 Å². The first-order chi connectivity index (χ1) is 10.5. The zero-order chi connectivity index (χ0) is 15.8. The second-order valence-electron chi connectivity index (χ2n) is 6.43. The highest BCUT2D eigenvalue weighted by molar-refractivity contribution is 7.89. The summed E-state index contributed by atoms with van der Waals surface area (Å²) in [5.41, 5.74) is 1.38. The van der Waals surface area contributed by atoms with Gasteiger partial charge in [0.2, 0.25) is 10.0 Å². The van der Waals surface area contributed by atoms with Crippen molar-refractivity contribution in [2.75, 3.05) is 26.2 Å². The third kappa shape index (κ3) is 2.65. The molecule has 2 aliphatic heterocycles. The molecule has 2 aliphatic rings. The van der Waals surface area contributed by atoms with Gasteiger partial charge in [0.25, 0.3) is 0 Å². The van der Waals surface area contributed by atoms with Crippen LogP contribution < -0.4 is 5.32 Å². The largest absolute Gasteiger partial charge is 0.317 e. The molecule has 1 N–H and O–H groups in total. The zero-order valence-electron chi connectivity index (χ0n) is 12.8. The standard InChI is InChI=1S/C16H21N3O2S/c1-13-10-15(3-2-14(13)11-17)22(20,21)19-9-6-16(12-19)4-7-18-8-5-16/h2-3,10,18H,4-9,12H2,1H3. The molecule has 22 heavy (non-hydrogen) atoms. The highest BCUT2D eigenvalue weighted by Crippen LogP contribution is 2.40. The predicted molar refractivity (Wildman–Crippen MR) is 83.8 cm³/mol. The fraction of sp³-hybridized carbons (Fsp3) is 0.562. The molecule has 1 aromatic carbocycles. The fourth-order valence-electron chi connectivity index (χ4n) is 3.54. The lowest BCUT2D eigenvalue weighted by Crippen LogP contribution is -2.39. The van der Waals surface area contributed by atoms with Gasteiger partial charge in [-0.3, -0.25) is 0 Å². The molecule has 2 fully saturated rings. The van der Waals surface area contributed by atoms with Crippen LogP contribution in [0.15, 0.2) is 23.1 Å². The Morgan fingerprint density at radius 3 is 2.64 bits per heavy atom. The molecule has 0 aliphatic carbocycles. The Labute approximate surface area is 132 Å². The van der Waals surface area contributed by atoms with E-state index in [0.29, 0.717) is 29.1 Å². The van der Waals surface area contributed by atoms with E-state index in [9.17, 15) is 8.42 Å². The van der Waals surface area contributed by atoms with Crippen molar-refractivity contribution in [3.63, 3.8) is 0 Å². The number of benzene rings is 1. The SMILES string of the molecule is Cc1cc(S(=O)(=O)N2CCC3(CCNCC3)C2)ccc1C#N. The van der Waals surface area contributed by atoms with Gasteiger partial charge in [-0.2, -0.15) is 9.57 Å². The highest BCUT2D eigenvalue weighted by atomic mass is 32.2. The number of hydrogen-bond donors (Lipinski definition) is 1. The van der Waals surface area contributed by atoms with Gasteiger partial charge in [0.05, 0.1) is 16.5 Å². The van der Waals surface area contributed by atoms with Crippen LogP contribution in [0.4, 0.5) is 0 Å². The summed E-state index contributed by atoms with van der Waals surface area (Å²) < 4.78 is 27.3. The van der Waals surface area contributed by atoms with Crippen LogP contribution in [0.5, 0.6) is 0 Å². The first-order valence-corrected chi connectivity index (χ1v) is 9.13. The fourth-order valence-corrected chi connectivity index (χ4v) is 5.17. The van der Waals surface area contributed by atoms with Crippen LogP contribution in [0.1, 0.15) is 30.4 Å². The number of nitrogens with one attached hydrogen (secondary N) is 1. The molecule has 6 heteroatoms. The maximum atomic E-state index is 12.8. The van der Waals surface area contributed by atoms with Crippen LogP contribution in [0.25, 0.3) is 0 Å². The molecule has 0 amide bonds. The lowest BCUT2D eigenvalue weighted by Gasteiger charge is -2.33. The van der Waals surface area contributed by atoms with E-state index in [4.69, 9.17) is 5.26 Å². The van der Waals surface area contributed by atoms with Crippen molar-refractivity contribution >= 4 is 10.0 Å². The van der Waals surface area contributed by atoms with Crippen LogP contribution in [0.2, 0.25) is 0 Å². The lowest BCUT2D eigenvalue weighted by molar-refractivity contribution is 0.218. The lowest BCUT2D eigenvalue weighted by atomic mass is 9.78. The molecule has 0 saturated carbocycles. The van der Waals surface area contributed by atoms with Crippen LogP contribution in [0.3, 0.4) is 0 Å². The highest BCUT2D eigenvalue weighted by Gasteiger charge is 2.43. The van der Waals surface area contributed by atoms with Crippen molar-refractivity contribution in [2.24, 2.45) is 5.41 Å². The van der Waals surface area contributed by atoms with E-state index in [-0.39, 0.29) is 5.41 Å². The van der Waals surface area contributed by atoms with Crippen molar-refractivity contribution in [1.82, 2.24) is 9.62 Å². The van der Waals surface area contributed by atoms with E-state index in [2.05, 4.69) is 11.4 Å². The minimum atomic E-state index is -3.46. The van der Waals surface area contributed by atoms with Gasteiger partial charge >= 0.3 is 0 Å². The quantitative estimate of drug-likeness (QED) is 0.899. The van der Waals surface area contributed by atoms with Gasteiger partial charge < -0.3 is 5.32 Å². The molecule has 0 aromatic heterocycles. The number of nitrogens with zero attached hydrogens (tertiary/aromatic N) is 2. The molecule has 0 unspecified atom stereocenters. The average molecular weight is 319 g/mol. The molecule has 5 nitrogen and oxygen atoms in total. The molecule has 0 radical (unpaired) electrons. The van der Waals surface area contributed by atoms with Gasteiger partial charge in [0, 0.05) is 13.1 Å². The van der Waals surface area contributed by atoms with Crippen molar-refractivity contribution in [1.29, 1.82) is 5.26 Å². The monoisotopic (exact) mass is 319 g/mol. The smallest absolute Gasteiger partial charge is 0.243 e. The molecule has 0 bridgehead atoms. The average Bonchev–Trinajstić information content (AvgIpc) is 2.92. The van der Waals surface area contributed by atoms with Crippen molar-refractivity contribution in [2.45, 2.75) is 31.1 Å². The van der Waals surface area contributed by atoms with E-state index < -0.39 is 10.0 Å². The van der Waals surface area contributed by atoms with E-state index >= 15 is 0 Å². The molecule has 3 rings (SSSR count). The third-order valence-electron chi connectivity index (χ3n) is 5.02. The second kappa shape index (κ2) is 5.65. The van der Waals surface area contributed by atoms with Gasteiger partial charge in [-0.15, -0.1) is 0 Å². The minimum Gasteiger partial charge on any atom is -0.317 e. The molecule has 0 atom stereocenters. The summed E-state index contributed by atoms with van der Waals surface area (Å²) in [6, 6.07) is 6.83. The maximum Gasteiger partial charge on any atom is 0.243 e. The summed E-state index contributed by atoms with van der Waals surface area (Å²) in [4.78, 5) is 0.301. The summed E-state index contributed by atoms with van der Waals surface area (Å²) in [5, 5.41) is 12.3. The Bertz CT molecular complexity index is 715. The Balaban J connectivity index is 1.85. The Kier molecular flexibility index (Phi) is 3.98. The van der Waals surface area contributed by atoms with Crippen molar-refractivity contribution < 1.29 is 8.42 Å². The van der Waals surface area contributed by atoms with Crippen LogP contribution in [-0.2, 0) is 10.0 Å². The second-order valence-corrected chi connectivity index (χ2v) is 8.37. The zero-order valence-corrected chi connectivity index (χ0v) is 13.6. The molecule has 1 spiro atoms. The van der Waals surface area contributed by atoms with Gasteiger partial charge in [-0.1, -0.05) is 0 Å². The molecular weight excluding hydrogens is 298 g/mol. The van der Waals surface area contributed by atoms with Crippen molar-refractivity contribution in [3.8, 4) is 6.07 Å². The van der Waals surface area contributed by atoms with Gasteiger partial charge in [0.15, 0.2) is 0 Å². The third-order valence-corrected chi connectivity index (χ3v) is 6.86. The summed E-state index contributed by atoms with van der Waals surface area (Å²) >= 11 is 0. The van der Waals surface area contributed by atoms with Crippen LogP contribution in [0, 0.1) is 23.7 Å². The molecule has 1 aromatic rings. The predicted octanol–water partition coefficient (Wildman–Crippen LogP) is 1.63. The van der Waals surface area contributed by atoms with Crippen LogP contribution in [-0.4, -0.2) is 38.9 Å². The Hall–Kier alpha value is -1.42. The summed E-state index contributed by atoms with van der Waals surface area (Å²) in [6.07, 6.45) is 3.04. The number of hydrogen-bond acceptors (Lipinski definition) is 4. The number of nitriles is 1. The number of rotatable bonds is 2. The van der Waals surface area contributed by atoms with E-state index in [1.807, 2.05) is 0 Å². The maximum absolute atomic E-state index is 12.8. The van der Waals surface area contributed by atoms with Gasteiger partial charge in [0.1, 0.15) is 0 Å². The normalized spacial score (nSPS) is 21.8. The van der Waals surface area contributed by atoms with Gasteiger partial charge in [-0.25, -0.2) is 8.42 Å². The minimum absolute atomic E-state index is 0.153. The molecule has 2 heterocycles. The molecular formula is C16H21N3O2S. The van der Waals surface area contributed by atoms with E-state index in [0.717, 1.165) is 32.4 Å². The molecule has 118 valence electrons. The summed E-state index contributed by atoms with van der Waals surface area (Å²) in [7, 11) is -3.46. The number of aryl methyl sites for hydroxylation is 1. The molecule has 2 saturated heterocycles. The topological polar surface area (TPSA) is 73.2 Å². The van der Waals surface area contributed by atoms with Crippen LogP contribution >= 0.6 is 0 Å². The first-order valence-electron chi connectivity index (χ1n) is 7.69. The Morgan fingerprint density at radius 2 is 2.00 bits per heavy atom. The summed E-state index contributed by atoms with van der Waals surface area (Å²) in [6.45, 7) is 4.95. The van der Waals surface area contributed by atoms with Gasteiger partial charge in [-0.05, 0) is 68.5 Å².